The van der Waals surface area contributed by atoms with Gasteiger partial charge in [0.15, 0.2) is 5.78 Å². The smallest absolute Gasteiger partial charge is 0.311 e. The molecule has 16 heavy (non-hydrogen) atoms. The molecule has 1 N–H and O–H groups in total. The predicted molar refractivity (Wildman–Crippen MR) is 58.7 cm³/mol. The Morgan fingerprint density at radius 3 is 2.31 bits per heavy atom. The van der Waals surface area contributed by atoms with Crippen LogP contribution in [0, 0.1) is 6.92 Å². The summed E-state index contributed by atoms with van der Waals surface area (Å²) in [7, 11) is 0. The highest BCUT2D eigenvalue weighted by atomic mass is 16.4. The number of carbonyl (C=O) groups is 2. The molecule has 4 heteroatoms. The highest BCUT2D eigenvalue weighted by Gasteiger charge is 2.23. The third-order valence-electron chi connectivity index (χ3n) is 2.27. The molecule has 0 fully saturated rings. The zero-order chi connectivity index (χ0) is 12.5. The van der Waals surface area contributed by atoms with E-state index in [0.717, 1.165) is 0 Å². The molecule has 4 nitrogen and oxygen atoms in total. The number of carbonyl (C=O) groups excluding carboxylic acids is 1. The summed E-state index contributed by atoms with van der Waals surface area (Å²) in [5, 5.41) is 8.55. The van der Waals surface area contributed by atoms with Crippen molar-refractivity contribution < 1.29 is 19.1 Å². The van der Waals surface area contributed by atoms with Crippen molar-refractivity contribution in [1.82, 2.24) is 0 Å². The van der Waals surface area contributed by atoms with Gasteiger partial charge in [-0.3, -0.25) is 9.59 Å². The van der Waals surface area contributed by atoms with Gasteiger partial charge < -0.3 is 9.52 Å². The predicted octanol–water partition coefficient (Wildman–Crippen LogP) is 2.54. The molecule has 0 aliphatic rings. The summed E-state index contributed by atoms with van der Waals surface area (Å²) in [6.45, 7) is 7.58. The van der Waals surface area contributed by atoms with Gasteiger partial charge in [-0.25, -0.2) is 0 Å². The van der Waals surface area contributed by atoms with E-state index >= 15 is 0 Å². The van der Waals surface area contributed by atoms with Crippen molar-refractivity contribution in [3.63, 3.8) is 0 Å². The van der Waals surface area contributed by atoms with E-state index < -0.39 is 18.2 Å². The minimum atomic E-state index is -1.12. The second kappa shape index (κ2) is 4.12. The van der Waals surface area contributed by atoms with Crippen molar-refractivity contribution in [3.05, 3.63) is 23.2 Å². The Labute approximate surface area is 94.3 Å². The van der Waals surface area contributed by atoms with Crippen molar-refractivity contribution in [2.75, 3.05) is 0 Å². The van der Waals surface area contributed by atoms with Crippen molar-refractivity contribution in [3.8, 4) is 0 Å². The quantitative estimate of drug-likeness (QED) is 0.632. The van der Waals surface area contributed by atoms with Crippen molar-refractivity contribution in [2.24, 2.45) is 0 Å². The Bertz CT molecular complexity index is 421. The van der Waals surface area contributed by atoms with Gasteiger partial charge in [-0.15, -0.1) is 0 Å². The molecular formula is C12H16O4. The number of carboxylic acids is 1. The molecule has 0 amide bonds. The topological polar surface area (TPSA) is 67.5 Å². The Morgan fingerprint density at radius 2 is 1.94 bits per heavy atom. The highest BCUT2D eigenvalue weighted by molar-refractivity contribution is 6.06. The molecular weight excluding hydrogens is 208 g/mol. The molecule has 0 aromatic carbocycles. The first-order valence-electron chi connectivity index (χ1n) is 5.07. The van der Waals surface area contributed by atoms with E-state index in [2.05, 4.69) is 0 Å². The van der Waals surface area contributed by atoms with Crippen LogP contribution < -0.4 is 0 Å². The van der Waals surface area contributed by atoms with E-state index in [1.54, 1.807) is 13.0 Å². The van der Waals surface area contributed by atoms with Gasteiger partial charge in [-0.1, -0.05) is 20.8 Å². The van der Waals surface area contributed by atoms with Crippen LogP contribution in [-0.4, -0.2) is 16.9 Å². The molecule has 1 aromatic heterocycles. The van der Waals surface area contributed by atoms with E-state index in [0.29, 0.717) is 17.1 Å². The van der Waals surface area contributed by atoms with E-state index in [1.165, 1.54) is 0 Å². The van der Waals surface area contributed by atoms with Gasteiger partial charge in [0.05, 0.1) is 5.56 Å². The largest absolute Gasteiger partial charge is 0.481 e. The van der Waals surface area contributed by atoms with Gasteiger partial charge in [-0.2, -0.15) is 0 Å². The maximum atomic E-state index is 11.6. The lowest BCUT2D eigenvalue weighted by Gasteiger charge is -2.13. The van der Waals surface area contributed by atoms with Crippen LogP contribution in [0.3, 0.4) is 0 Å². The van der Waals surface area contributed by atoms with Crippen LogP contribution in [0.5, 0.6) is 0 Å². The zero-order valence-corrected chi connectivity index (χ0v) is 9.96. The summed E-state index contributed by atoms with van der Waals surface area (Å²) in [5.74, 6) is -0.359. The lowest BCUT2D eigenvalue weighted by atomic mass is 9.92. The van der Waals surface area contributed by atoms with Crippen LogP contribution in [0.15, 0.2) is 10.5 Å². The Hall–Kier alpha value is -1.58. The summed E-state index contributed by atoms with van der Waals surface area (Å²) < 4.78 is 5.47. The standard InChI is InChI=1S/C12H16O4/c1-7-8(9(13)6-11(14)15)5-10(16-7)12(2,3)4/h5H,6H2,1-4H3,(H,14,15). The van der Waals surface area contributed by atoms with Crippen molar-refractivity contribution in [2.45, 2.75) is 39.5 Å². The number of furan rings is 1. The molecule has 0 spiro atoms. The number of carboxylic acid groups (broad SMARTS) is 1. The third kappa shape index (κ3) is 2.72. The fraction of sp³-hybridized carbons (Fsp3) is 0.500. The summed E-state index contributed by atoms with van der Waals surface area (Å²) in [5.41, 5.74) is 0.180. The van der Waals surface area contributed by atoms with Crippen LogP contribution in [0.25, 0.3) is 0 Å². The maximum absolute atomic E-state index is 11.6. The van der Waals surface area contributed by atoms with Gasteiger partial charge in [0.25, 0.3) is 0 Å². The van der Waals surface area contributed by atoms with Gasteiger partial charge in [0.1, 0.15) is 17.9 Å². The molecule has 0 atom stereocenters. The van der Waals surface area contributed by atoms with Crippen LogP contribution in [0.1, 0.15) is 49.1 Å². The van der Waals surface area contributed by atoms with E-state index in [9.17, 15) is 9.59 Å². The van der Waals surface area contributed by atoms with E-state index in [-0.39, 0.29) is 5.41 Å². The second-order valence-electron chi connectivity index (χ2n) is 4.82. The molecule has 0 bridgehead atoms. The van der Waals surface area contributed by atoms with E-state index in [4.69, 9.17) is 9.52 Å². The SMILES string of the molecule is Cc1oc(C(C)(C)C)cc1C(=O)CC(=O)O. The molecule has 1 heterocycles. The Morgan fingerprint density at radius 1 is 1.38 bits per heavy atom. The summed E-state index contributed by atoms with van der Waals surface area (Å²) in [6.07, 6.45) is -0.496. The first-order chi connectivity index (χ1) is 7.21. The molecule has 88 valence electrons. The number of aliphatic carboxylic acids is 1. The fourth-order valence-electron chi connectivity index (χ4n) is 1.36. The maximum Gasteiger partial charge on any atom is 0.311 e. The van der Waals surface area contributed by atoms with E-state index in [1.807, 2.05) is 20.8 Å². The summed E-state index contributed by atoms with van der Waals surface area (Å²) in [4.78, 5) is 22.0. The zero-order valence-electron chi connectivity index (χ0n) is 9.96. The number of Topliss-reactive ketones (excluding diaryl/α,β-unsaturated/α-hetero) is 1. The molecule has 0 saturated heterocycles. The average Bonchev–Trinajstić information content (AvgIpc) is 2.44. The number of rotatable bonds is 3. The Balaban J connectivity index is 3.03. The van der Waals surface area contributed by atoms with Crippen LogP contribution in [0.2, 0.25) is 0 Å². The molecule has 1 aromatic rings. The Kier molecular flexibility index (Phi) is 3.21. The van der Waals surface area contributed by atoms with Crippen molar-refractivity contribution >= 4 is 11.8 Å². The first kappa shape index (κ1) is 12.5. The molecule has 0 unspecified atom stereocenters. The summed E-state index contributed by atoms with van der Waals surface area (Å²) >= 11 is 0. The van der Waals surface area contributed by atoms with Gasteiger partial charge in [-0.05, 0) is 13.0 Å². The number of aryl methyl sites for hydroxylation is 1. The normalized spacial score (nSPS) is 11.5. The minimum absolute atomic E-state index is 0.188. The minimum Gasteiger partial charge on any atom is -0.481 e. The average molecular weight is 224 g/mol. The number of hydrogen-bond donors (Lipinski definition) is 1. The van der Waals surface area contributed by atoms with Crippen molar-refractivity contribution in [1.29, 1.82) is 0 Å². The number of hydrogen-bond acceptors (Lipinski definition) is 3. The van der Waals surface area contributed by atoms with Crippen LogP contribution >= 0.6 is 0 Å². The van der Waals surface area contributed by atoms with Gasteiger partial charge >= 0.3 is 5.97 Å². The molecule has 0 aliphatic carbocycles. The van der Waals surface area contributed by atoms with Crippen LogP contribution in [0.4, 0.5) is 0 Å². The molecule has 0 radical (unpaired) electrons. The first-order valence-corrected chi connectivity index (χ1v) is 5.07. The lowest BCUT2D eigenvalue weighted by molar-refractivity contribution is -0.135. The molecule has 0 aliphatic heterocycles. The second-order valence-corrected chi connectivity index (χ2v) is 4.82. The molecule has 1 rings (SSSR count). The van der Waals surface area contributed by atoms with Gasteiger partial charge in [0.2, 0.25) is 0 Å². The van der Waals surface area contributed by atoms with Crippen LogP contribution in [-0.2, 0) is 10.2 Å². The molecule has 0 saturated carbocycles. The monoisotopic (exact) mass is 224 g/mol. The fourth-order valence-corrected chi connectivity index (χ4v) is 1.36. The van der Waals surface area contributed by atoms with Gasteiger partial charge in [0, 0.05) is 5.41 Å². The third-order valence-corrected chi connectivity index (χ3v) is 2.27. The number of ketones is 1. The lowest BCUT2D eigenvalue weighted by Crippen LogP contribution is -2.10. The highest BCUT2D eigenvalue weighted by Crippen LogP contribution is 2.27. The summed E-state index contributed by atoms with van der Waals surface area (Å²) in [6, 6.07) is 1.64.